The predicted octanol–water partition coefficient (Wildman–Crippen LogP) is 2.21. The molecule has 1 atom stereocenters. The van der Waals surface area contributed by atoms with E-state index in [0.29, 0.717) is 18.7 Å². The van der Waals surface area contributed by atoms with Crippen molar-refractivity contribution in [3.63, 3.8) is 0 Å². The van der Waals surface area contributed by atoms with Crippen molar-refractivity contribution in [1.29, 1.82) is 0 Å². The largest absolute Gasteiger partial charge is 0.384 e. The zero-order valence-electron chi connectivity index (χ0n) is 13.4. The Labute approximate surface area is 127 Å². The van der Waals surface area contributed by atoms with E-state index in [9.17, 15) is 4.79 Å². The average molecular weight is 294 g/mol. The minimum atomic E-state index is -0.143. The summed E-state index contributed by atoms with van der Waals surface area (Å²) in [5, 5.41) is 6.18. The molecule has 118 valence electrons. The highest BCUT2D eigenvalue weighted by molar-refractivity contribution is 5.99. The second-order valence-corrected chi connectivity index (χ2v) is 5.00. The monoisotopic (exact) mass is 294 g/mol. The van der Waals surface area contributed by atoms with E-state index in [4.69, 9.17) is 9.47 Å². The van der Waals surface area contributed by atoms with E-state index >= 15 is 0 Å². The third-order valence-corrected chi connectivity index (χ3v) is 3.16. The van der Waals surface area contributed by atoms with Crippen molar-refractivity contribution >= 4 is 11.6 Å². The molecule has 1 amide bonds. The van der Waals surface area contributed by atoms with Gasteiger partial charge in [-0.15, -0.1) is 0 Å². The van der Waals surface area contributed by atoms with Crippen LogP contribution < -0.4 is 10.6 Å². The second kappa shape index (κ2) is 9.37. The van der Waals surface area contributed by atoms with Crippen molar-refractivity contribution in [2.24, 2.45) is 0 Å². The fourth-order valence-corrected chi connectivity index (χ4v) is 1.96. The average Bonchev–Trinajstić information content (AvgIpc) is 2.49. The topological polar surface area (TPSA) is 59.6 Å². The minimum Gasteiger partial charge on any atom is -0.384 e. The van der Waals surface area contributed by atoms with Crippen LogP contribution in [-0.4, -0.2) is 45.9 Å². The molecular weight excluding hydrogens is 268 g/mol. The summed E-state index contributed by atoms with van der Waals surface area (Å²) in [5.74, 6) is -0.101. The molecule has 5 heteroatoms. The molecule has 0 spiro atoms. The van der Waals surface area contributed by atoms with Gasteiger partial charge in [0.05, 0.1) is 18.3 Å². The standard InChI is InChI=1S/C16H26N2O3/c1-5-8-17-15-7-6-12(2)9-14(15)16(19)18-10-13(21-4)11-20-3/h6-7,9,13,17H,5,8,10-11H2,1-4H3,(H,18,19). The van der Waals surface area contributed by atoms with Gasteiger partial charge in [0.2, 0.25) is 0 Å². The number of ether oxygens (including phenoxy) is 2. The van der Waals surface area contributed by atoms with Crippen molar-refractivity contribution in [1.82, 2.24) is 5.32 Å². The Bertz CT molecular complexity index is 449. The van der Waals surface area contributed by atoms with Crippen LogP contribution in [0.3, 0.4) is 0 Å². The Morgan fingerprint density at radius 1 is 1.33 bits per heavy atom. The molecule has 0 aliphatic carbocycles. The molecule has 0 saturated carbocycles. The van der Waals surface area contributed by atoms with Crippen LogP contribution in [0, 0.1) is 6.92 Å². The molecule has 0 aliphatic heterocycles. The first-order valence-electron chi connectivity index (χ1n) is 7.26. The van der Waals surface area contributed by atoms with E-state index in [1.165, 1.54) is 0 Å². The van der Waals surface area contributed by atoms with E-state index in [-0.39, 0.29) is 12.0 Å². The van der Waals surface area contributed by atoms with Crippen LogP contribution >= 0.6 is 0 Å². The number of aryl methyl sites for hydroxylation is 1. The van der Waals surface area contributed by atoms with Gasteiger partial charge in [0, 0.05) is 33.0 Å². The van der Waals surface area contributed by atoms with Crippen LogP contribution in [0.1, 0.15) is 29.3 Å². The molecule has 5 nitrogen and oxygen atoms in total. The van der Waals surface area contributed by atoms with E-state index in [1.807, 2.05) is 25.1 Å². The molecule has 0 aromatic heterocycles. The van der Waals surface area contributed by atoms with Gasteiger partial charge in [0.25, 0.3) is 5.91 Å². The van der Waals surface area contributed by atoms with Crippen molar-refractivity contribution in [2.45, 2.75) is 26.4 Å². The number of carbonyl (C=O) groups is 1. The van der Waals surface area contributed by atoms with E-state index in [1.54, 1.807) is 14.2 Å². The van der Waals surface area contributed by atoms with Crippen LogP contribution in [0.4, 0.5) is 5.69 Å². The number of anilines is 1. The Kier molecular flexibility index (Phi) is 7.79. The lowest BCUT2D eigenvalue weighted by atomic mass is 10.1. The molecule has 0 bridgehead atoms. The number of methoxy groups -OCH3 is 2. The highest BCUT2D eigenvalue weighted by Crippen LogP contribution is 2.17. The number of amides is 1. The first kappa shape index (κ1) is 17.5. The maximum absolute atomic E-state index is 12.4. The number of hydrogen-bond donors (Lipinski definition) is 2. The lowest BCUT2D eigenvalue weighted by Gasteiger charge is -2.17. The van der Waals surface area contributed by atoms with Gasteiger partial charge >= 0.3 is 0 Å². The Hall–Kier alpha value is -1.59. The molecule has 0 aliphatic rings. The molecule has 0 heterocycles. The molecule has 1 aromatic rings. The summed E-state index contributed by atoms with van der Waals surface area (Å²) < 4.78 is 10.3. The third kappa shape index (κ3) is 5.73. The molecule has 2 N–H and O–H groups in total. The summed E-state index contributed by atoms with van der Waals surface area (Å²) >= 11 is 0. The lowest BCUT2D eigenvalue weighted by molar-refractivity contribution is 0.0285. The maximum atomic E-state index is 12.4. The van der Waals surface area contributed by atoms with Gasteiger partial charge < -0.3 is 20.1 Å². The van der Waals surface area contributed by atoms with Gasteiger partial charge in [0.1, 0.15) is 0 Å². The summed E-state index contributed by atoms with van der Waals surface area (Å²) in [5.41, 5.74) is 2.58. The number of rotatable bonds is 9. The second-order valence-electron chi connectivity index (χ2n) is 5.00. The zero-order valence-corrected chi connectivity index (χ0v) is 13.4. The minimum absolute atomic E-state index is 0.101. The number of benzene rings is 1. The van der Waals surface area contributed by atoms with E-state index in [2.05, 4.69) is 17.6 Å². The predicted molar refractivity (Wildman–Crippen MR) is 85.0 cm³/mol. The van der Waals surface area contributed by atoms with Gasteiger partial charge in [-0.1, -0.05) is 18.6 Å². The Morgan fingerprint density at radius 2 is 2.10 bits per heavy atom. The van der Waals surface area contributed by atoms with Gasteiger partial charge in [0.15, 0.2) is 0 Å². The first-order chi connectivity index (χ1) is 10.1. The van der Waals surface area contributed by atoms with Gasteiger partial charge in [-0.25, -0.2) is 0 Å². The van der Waals surface area contributed by atoms with Crippen molar-refractivity contribution in [2.75, 3.05) is 39.2 Å². The Balaban J connectivity index is 2.73. The molecule has 1 unspecified atom stereocenters. The SMILES string of the molecule is CCCNc1ccc(C)cc1C(=O)NCC(COC)OC. The Morgan fingerprint density at radius 3 is 2.71 bits per heavy atom. The van der Waals surface area contributed by atoms with E-state index in [0.717, 1.165) is 24.2 Å². The highest BCUT2D eigenvalue weighted by Gasteiger charge is 2.14. The molecule has 0 radical (unpaired) electrons. The van der Waals surface area contributed by atoms with Crippen molar-refractivity contribution in [3.8, 4) is 0 Å². The molecule has 0 saturated heterocycles. The molecule has 1 aromatic carbocycles. The first-order valence-corrected chi connectivity index (χ1v) is 7.26. The smallest absolute Gasteiger partial charge is 0.253 e. The number of nitrogens with one attached hydrogen (secondary N) is 2. The van der Waals surface area contributed by atoms with E-state index < -0.39 is 0 Å². The maximum Gasteiger partial charge on any atom is 0.253 e. The van der Waals surface area contributed by atoms with Gasteiger partial charge in [-0.3, -0.25) is 4.79 Å². The molecule has 0 fully saturated rings. The van der Waals surface area contributed by atoms with Crippen LogP contribution in [0.5, 0.6) is 0 Å². The fraction of sp³-hybridized carbons (Fsp3) is 0.562. The normalized spacial score (nSPS) is 12.0. The summed E-state index contributed by atoms with van der Waals surface area (Å²) in [6.07, 6.45) is 0.866. The number of hydrogen-bond acceptors (Lipinski definition) is 4. The molecule has 21 heavy (non-hydrogen) atoms. The zero-order chi connectivity index (χ0) is 15.7. The van der Waals surface area contributed by atoms with Crippen LogP contribution in [0.15, 0.2) is 18.2 Å². The highest BCUT2D eigenvalue weighted by atomic mass is 16.5. The van der Waals surface area contributed by atoms with Crippen LogP contribution in [-0.2, 0) is 9.47 Å². The lowest BCUT2D eigenvalue weighted by Crippen LogP contribution is -2.35. The summed E-state index contributed by atoms with van der Waals surface area (Å²) in [7, 11) is 3.22. The third-order valence-electron chi connectivity index (χ3n) is 3.16. The summed E-state index contributed by atoms with van der Waals surface area (Å²) in [4.78, 5) is 12.4. The fourth-order valence-electron chi connectivity index (χ4n) is 1.96. The molecular formula is C16H26N2O3. The summed E-state index contributed by atoms with van der Waals surface area (Å²) in [6, 6.07) is 5.84. The molecule has 1 rings (SSSR count). The van der Waals surface area contributed by atoms with Crippen LogP contribution in [0.2, 0.25) is 0 Å². The van der Waals surface area contributed by atoms with Crippen molar-refractivity contribution in [3.05, 3.63) is 29.3 Å². The number of carbonyl (C=O) groups excluding carboxylic acids is 1. The summed E-state index contributed by atoms with van der Waals surface area (Å²) in [6.45, 7) is 5.78. The van der Waals surface area contributed by atoms with Gasteiger partial charge in [-0.05, 0) is 25.5 Å². The quantitative estimate of drug-likeness (QED) is 0.733. The van der Waals surface area contributed by atoms with Gasteiger partial charge in [-0.2, -0.15) is 0 Å². The van der Waals surface area contributed by atoms with Crippen molar-refractivity contribution < 1.29 is 14.3 Å². The van der Waals surface area contributed by atoms with Crippen LogP contribution in [0.25, 0.3) is 0 Å².